The molecule has 0 spiro atoms. The summed E-state index contributed by atoms with van der Waals surface area (Å²) in [4.78, 5) is 24.8. The van der Waals surface area contributed by atoms with E-state index in [0.29, 0.717) is 13.1 Å². The van der Waals surface area contributed by atoms with Crippen molar-refractivity contribution in [3.8, 4) is 5.75 Å². The van der Waals surface area contributed by atoms with Crippen LogP contribution in [0, 0.1) is 5.82 Å². The lowest BCUT2D eigenvalue weighted by Crippen LogP contribution is -2.49. The number of hydrogen-bond acceptors (Lipinski definition) is 5. The van der Waals surface area contributed by atoms with Gasteiger partial charge in [-0.25, -0.2) is 14.0 Å². The van der Waals surface area contributed by atoms with Crippen LogP contribution in [0.1, 0.15) is 44.0 Å². The van der Waals surface area contributed by atoms with Crippen LogP contribution in [0.4, 0.5) is 9.18 Å². The Bertz CT molecular complexity index is 675. The third kappa shape index (κ3) is 7.05. The predicted octanol–water partition coefficient (Wildman–Crippen LogP) is 2.89. The SMILES string of the molecule is CC(C)(C)OC(=O)N[C@@H]1CCCN(CCOc2ccc(C(=O)O)cc2F)C1. The zero-order chi connectivity index (χ0) is 20.0. The number of amides is 1. The molecule has 8 heteroatoms. The molecule has 1 aromatic rings. The molecule has 7 nitrogen and oxygen atoms in total. The molecule has 1 aliphatic rings. The van der Waals surface area contributed by atoms with E-state index in [4.69, 9.17) is 14.6 Å². The first kappa shape index (κ1) is 21.0. The lowest BCUT2D eigenvalue weighted by molar-refractivity contribution is 0.0468. The number of carbonyl (C=O) groups excluding carboxylic acids is 1. The number of carboxylic acids is 1. The highest BCUT2D eigenvalue weighted by atomic mass is 19.1. The fourth-order valence-electron chi connectivity index (χ4n) is 2.89. The van der Waals surface area contributed by atoms with Gasteiger partial charge in [0.05, 0.1) is 5.56 Å². The maximum Gasteiger partial charge on any atom is 0.407 e. The van der Waals surface area contributed by atoms with Gasteiger partial charge in [0.2, 0.25) is 0 Å². The van der Waals surface area contributed by atoms with E-state index in [2.05, 4.69) is 10.2 Å². The Morgan fingerprint density at radius 1 is 1.37 bits per heavy atom. The normalized spacial score (nSPS) is 18.0. The summed E-state index contributed by atoms with van der Waals surface area (Å²) in [7, 11) is 0. The summed E-state index contributed by atoms with van der Waals surface area (Å²) in [6.45, 7) is 7.84. The van der Waals surface area contributed by atoms with Gasteiger partial charge in [-0.15, -0.1) is 0 Å². The van der Waals surface area contributed by atoms with Crippen LogP contribution in [0.3, 0.4) is 0 Å². The average molecular weight is 382 g/mol. The van der Waals surface area contributed by atoms with Crippen molar-refractivity contribution in [3.63, 3.8) is 0 Å². The second kappa shape index (κ2) is 9.03. The van der Waals surface area contributed by atoms with Crippen molar-refractivity contribution in [2.45, 2.75) is 45.3 Å². The van der Waals surface area contributed by atoms with Gasteiger partial charge >= 0.3 is 12.1 Å². The summed E-state index contributed by atoms with van der Waals surface area (Å²) in [5, 5.41) is 11.7. The number of nitrogens with one attached hydrogen (secondary N) is 1. The Balaban J connectivity index is 1.77. The minimum atomic E-state index is -1.18. The van der Waals surface area contributed by atoms with Crippen LogP contribution < -0.4 is 10.1 Å². The molecule has 0 bridgehead atoms. The molecule has 150 valence electrons. The number of piperidine rings is 1. The zero-order valence-electron chi connectivity index (χ0n) is 16.0. The van der Waals surface area contributed by atoms with Gasteiger partial charge in [0.15, 0.2) is 11.6 Å². The van der Waals surface area contributed by atoms with Gasteiger partial charge in [-0.1, -0.05) is 0 Å². The van der Waals surface area contributed by atoms with Crippen molar-refractivity contribution < 1.29 is 28.6 Å². The third-order valence-electron chi connectivity index (χ3n) is 4.07. The Labute approximate surface area is 158 Å². The zero-order valence-corrected chi connectivity index (χ0v) is 16.0. The summed E-state index contributed by atoms with van der Waals surface area (Å²) in [5.41, 5.74) is -0.654. The van der Waals surface area contributed by atoms with Gasteiger partial charge in [-0.05, 0) is 58.4 Å². The molecule has 2 rings (SSSR count). The first-order valence-electron chi connectivity index (χ1n) is 9.01. The fraction of sp³-hybridized carbons (Fsp3) is 0.579. The van der Waals surface area contributed by atoms with E-state index in [1.54, 1.807) is 0 Å². The van der Waals surface area contributed by atoms with Gasteiger partial charge in [0.25, 0.3) is 0 Å². The molecule has 1 heterocycles. The summed E-state index contributed by atoms with van der Waals surface area (Å²) in [5.74, 6) is -1.85. The first-order valence-corrected chi connectivity index (χ1v) is 9.01. The Morgan fingerprint density at radius 2 is 2.11 bits per heavy atom. The maximum absolute atomic E-state index is 13.9. The van der Waals surface area contributed by atoms with Gasteiger partial charge in [0, 0.05) is 19.1 Å². The summed E-state index contributed by atoms with van der Waals surface area (Å²) in [6, 6.07) is 3.57. The van der Waals surface area contributed by atoms with Crippen LogP contribution in [0.25, 0.3) is 0 Å². The van der Waals surface area contributed by atoms with Crippen molar-refractivity contribution in [1.29, 1.82) is 0 Å². The number of carboxylic acid groups (broad SMARTS) is 1. The minimum absolute atomic E-state index is 0.000172. The molecular weight excluding hydrogens is 355 g/mol. The summed E-state index contributed by atoms with van der Waals surface area (Å²) >= 11 is 0. The molecule has 0 aromatic heterocycles. The van der Waals surface area contributed by atoms with Crippen LogP contribution in [0.15, 0.2) is 18.2 Å². The number of hydrogen-bond donors (Lipinski definition) is 2. The molecule has 0 radical (unpaired) electrons. The van der Waals surface area contributed by atoms with Crippen molar-refractivity contribution in [2.24, 2.45) is 0 Å². The molecule has 1 atom stereocenters. The van der Waals surface area contributed by atoms with Gasteiger partial charge < -0.3 is 19.9 Å². The first-order chi connectivity index (χ1) is 12.6. The van der Waals surface area contributed by atoms with Crippen LogP contribution in [-0.2, 0) is 4.74 Å². The predicted molar refractivity (Wildman–Crippen MR) is 97.7 cm³/mol. The van der Waals surface area contributed by atoms with Crippen LogP contribution in [-0.4, -0.2) is 60.0 Å². The van der Waals surface area contributed by atoms with E-state index in [-0.39, 0.29) is 24.0 Å². The van der Waals surface area contributed by atoms with Crippen molar-refractivity contribution in [2.75, 3.05) is 26.2 Å². The Kier molecular flexibility index (Phi) is 7.01. The third-order valence-corrected chi connectivity index (χ3v) is 4.07. The van der Waals surface area contributed by atoms with E-state index in [9.17, 15) is 14.0 Å². The average Bonchev–Trinajstić information content (AvgIpc) is 2.54. The lowest BCUT2D eigenvalue weighted by atomic mass is 10.1. The molecule has 1 saturated heterocycles. The molecule has 1 amide bonds. The number of aromatic carboxylic acids is 1. The summed E-state index contributed by atoms with van der Waals surface area (Å²) in [6.07, 6.45) is 1.38. The molecule has 2 N–H and O–H groups in total. The molecule has 0 unspecified atom stereocenters. The number of ether oxygens (including phenoxy) is 2. The van der Waals surface area contributed by atoms with Crippen molar-refractivity contribution in [1.82, 2.24) is 10.2 Å². The van der Waals surface area contributed by atoms with Gasteiger partial charge in [-0.2, -0.15) is 0 Å². The molecular formula is C19H27FN2O5. The van der Waals surface area contributed by atoms with Crippen molar-refractivity contribution in [3.05, 3.63) is 29.6 Å². The molecule has 1 aliphatic heterocycles. The number of alkyl carbamates (subject to hydrolysis) is 1. The highest BCUT2D eigenvalue weighted by Crippen LogP contribution is 2.19. The van der Waals surface area contributed by atoms with E-state index in [0.717, 1.165) is 25.5 Å². The maximum atomic E-state index is 13.9. The Morgan fingerprint density at radius 3 is 2.74 bits per heavy atom. The smallest absolute Gasteiger partial charge is 0.407 e. The fourth-order valence-corrected chi connectivity index (χ4v) is 2.89. The largest absolute Gasteiger partial charge is 0.489 e. The standard InChI is InChI=1S/C19H27FN2O5/c1-19(2,3)27-18(25)21-14-5-4-8-22(12-14)9-10-26-16-7-6-13(17(23)24)11-15(16)20/h6-7,11,14H,4-5,8-10,12H2,1-3H3,(H,21,25)(H,23,24)/t14-/m1/s1. The topological polar surface area (TPSA) is 88.1 Å². The van der Waals surface area contributed by atoms with E-state index >= 15 is 0 Å². The summed E-state index contributed by atoms with van der Waals surface area (Å²) < 4.78 is 24.6. The molecule has 27 heavy (non-hydrogen) atoms. The second-order valence-corrected chi connectivity index (χ2v) is 7.58. The monoisotopic (exact) mass is 382 g/mol. The quantitative estimate of drug-likeness (QED) is 0.787. The van der Waals surface area contributed by atoms with E-state index in [1.165, 1.54) is 12.1 Å². The number of likely N-dealkylation sites (tertiary alicyclic amines) is 1. The number of halogens is 1. The molecule has 1 aromatic carbocycles. The van der Waals surface area contributed by atoms with E-state index < -0.39 is 23.5 Å². The number of carbonyl (C=O) groups is 2. The second-order valence-electron chi connectivity index (χ2n) is 7.58. The highest BCUT2D eigenvalue weighted by Gasteiger charge is 2.24. The van der Waals surface area contributed by atoms with Crippen molar-refractivity contribution >= 4 is 12.1 Å². The highest BCUT2D eigenvalue weighted by molar-refractivity contribution is 5.87. The van der Waals surface area contributed by atoms with Gasteiger partial charge in [-0.3, -0.25) is 4.90 Å². The molecule has 1 fully saturated rings. The van der Waals surface area contributed by atoms with Crippen LogP contribution >= 0.6 is 0 Å². The number of benzene rings is 1. The molecule has 0 saturated carbocycles. The number of rotatable bonds is 6. The van der Waals surface area contributed by atoms with Gasteiger partial charge in [0.1, 0.15) is 12.2 Å². The number of nitrogens with zero attached hydrogens (tertiary/aromatic N) is 1. The van der Waals surface area contributed by atoms with Crippen LogP contribution in [0.5, 0.6) is 5.75 Å². The lowest BCUT2D eigenvalue weighted by Gasteiger charge is -2.33. The minimum Gasteiger partial charge on any atom is -0.489 e. The van der Waals surface area contributed by atoms with E-state index in [1.807, 2.05) is 20.8 Å². The Hall–Kier alpha value is -2.35. The van der Waals surface area contributed by atoms with Crippen LogP contribution in [0.2, 0.25) is 0 Å². The molecule has 0 aliphatic carbocycles.